The molecule has 0 saturated heterocycles. The summed E-state index contributed by atoms with van der Waals surface area (Å²) in [6, 6.07) is -1.67. The average molecular weight is 281 g/mol. The van der Waals surface area contributed by atoms with Crippen LogP contribution in [-0.2, 0) is 14.2 Å². The quantitative estimate of drug-likeness (QED) is 0.390. The summed E-state index contributed by atoms with van der Waals surface area (Å²) in [4.78, 5) is 40.8. The van der Waals surface area contributed by atoms with Crippen LogP contribution in [0.2, 0.25) is 0 Å². The zero-order chi connectivity index (χ0) is 14.5. The molecule has 2 amide bonds. The molecule has 0 aromatic rings. The van der Waals surface area contributed by atoms with Crippen molar-refractivity contribution in [3.63, 3.8) is 0 Å². The van der Waals surface area contributed by atoms with E-state index in [1.165, 1.54) is 20.8 Å². The molecule has 0 aliphatic heterocycles. The Hall–Kier alpha value is -0.950. The van der Waals surface area contributed by atoms with Crippen LogP contribution in [0.25, 0.3) is 0 Å². The molecule has 0 aliphatic carbocycles. The Bertz CT molecular complexity index is 354. The topological polar surface area (TPSA) is 142 Å². The van der Waals surface area contributed by atoms with Gasteiger partial charge in [0.25, 0.3) is 0 Å². The van der Waals surface area contributed by atoms with Crippen LogP contribution < -0.4 is 16.4 Å². The minimum absolute atomic E-state index is 0.0873. The fraction of sp³-hybridized carbons (Fsp3) is 0.778. The zero-order valence-electron chi connectivity index (χ0n) is 10.6. The van der Waals surface area contributed by atoms with Gasteiger partial charge in [-0.05, 0) is 20.3 Å². The van der Waals surface area contributed by atoms with E-state index in [1.807, 2.05) is 0 Å². The lowest BCUT2D eigenvalue weighted by atomic mass is 10.2. The van der Waals surface area contributed by atoms with E-state index in [2.05, 4.69) is 10.6 Å². The van der Waals surface area contributed by atoms with Crippen molar-refractivity contribution >= 4 is 19.4 Å². The maximum atomic E-state index is 11.6. The first-order valence-electron chi connectivity index (χ1n) is 5.51. The number of rotatable bonds is 6. The van der Waals surface area contributed by atoms with Crippen molar-refractivity contribution in [3.8, 4) is 0 Å². The molecule has 0 aromatic carbocycles. The number of nitrogens with one attached hydrogen (secondary N) is 2. The molecular weight excluding hydrogens is 261 g/mol. The smallest absolute Gasteiger partial charge is 0.343 e. The minimum atomic E-state index is -4.39. The van der Waals surface area contributed by atoms with Crippen molar-refractivity contribution in [1.29, 1.82) is 0 Å². The summed E-state index contributed by atoms with van der Waals surface area (Å²) in [5.74, 6) is -2.43. The minimum Gasteiger partial charge on any atom is -0.343 e. The van der Waals surface area contributed by atoms with E-state index in [0.29, 0.717) is 0 Å². The fourth-order valence-corrected chi connectivity index (χ4v) is 1.89. The third-order valence-corrected chi connectivity index (χ3v) is 3.57. The van der Waals surface area contributed by atoms with E-state index in [0.717, 1.165) is 0 Å². The van der Waals surface area contributed by atoms with Crippen molar-refractivity contribution in [2.45, 2.75) is 45.1 Å². The van der Waals surface area contributed by atoms with Crippen molar-refractivity contribution in [3.05, 3.63) is 0 Å². The second-order valence-electron chi connectivity index (χ2n) is 4.04. The summed E-state index contributed by atoms with van der Waals surface area (Å²) < 4.78 is 11.0. The van der Waals surface area contributed by atoms with E-state index < -0.39 is 37.3 Å². The molecule has 3 atom stereocenters. The highest BCUT2D eigenvalue weighted by atomic mass is 31.2. The Kier molecular flexibility index (Phi) is 6.48. The van der Waals surface area contributed by atoms with Gasteiger partial charge in [-0.25, -0.2) is 0 Å². The van der Waals surface area contributed by atoms with Gasteiger partial charge in [0.1, 0.15) is 11.8 Å². The van der Waals surface area contributed by atoms with Gasteiger partial charge in [-0.2, -0.15) is 0 Å². The van der Waals surface area contributed by atoms with Crippen molar-refractivity contribution < 1.29 is 23.9 Å². The molecule has 8 nitrogen and oxygen atoms in total. The molecule has 0 fully saturated rings. The highest BCUT2D eigenvalue weighted by molar-refractivity contribution is 7.52. The molecule has 0 aromatic heterocycles. The summed E-state index contributed by atoms with van der Waals surface area (Å²) in [6.45, 7) is 4.40. The maximum Gasteiger partial charge on any atom is 0.347 e. The van der Waals surface area contributed by atoms with E-state index in [4.69, 9.17) is 15.5 Å². The Labute approximate surface area is 105 Å². The van der Waals surface area contributed by atoms with Crippen molar-refractivity contribution in [2.75, 3.05) is 0 Å². The van der Waals surface area contributed by atoms with Crippen LogP contribution in [0, 0.1) is 0 Å². The van der Waals surface area contributed by atoms with Crippen LogP contribution in [0.1, 0.15) is 27.2 Å². The standard InChI is InChI=1S/C9H20N3O5P/c1-4-7(18(15,16)17)12-9(14)6(3)11-8(13)5(2)10/h5-7H,4,10H2,1-3H3,(H,11,13)(H,12,14)(H2,15,16,17)/t5-,6-,7?/m1/s1. The molecule has 0 bridgehead atoms. The van der Waals surface area contributed by atoms with E-state index in [9.17, 15) is 14.2 Å². The molecule has 0 saturated carbocycles. The second kappa shape index (κ2) is 6.84. The molecule has 18 heavy (non-hydrogen) atoms. The van der Waals surface area contributed by atoms with E-state index >= 15 is 0 Å². The number of hydrogen-bond donors (Lipinski definition) is 5. The third kappa shape index (κ3) is 5.59. The number of carbonyl (C=O) groups is 2. The Morgan fingerprint density at radius 3 is 2.06 bits per heavy atom. The largest absolute Gasteiger partial charge is 0.347 e. The van der Waals surface area contributed by atoms with Crippen LogP contribution in [0.3, 0.4) is 0 Å². The highest BCUT2D eigenvalue weighted by Crippen LogP contribution is 2.41. The summed E-state index contributed by atoms with van der Waals surface area (Å²) >= 11 is 0. The summed E-state index contributed by atoms with van der Waals surface area (Å²) in [5.41, 5.74) is 5.31. The van der Waals surface area contributed by atoms with Gasteiger partial charge in [0.05, 0.1) is 6.04 Å². The third-order valence-electron chi connectivity index (χ3n) is 2.27. The molecular formula is C9H20N3O5P. The molecule has 106 valence electrons. The molecule has 1 unspecified atom stereocenters. The lowest BCUT2D eigenvalue weighted by Gasteiger charge is -2.21. The molecule has 0 rings (SSSR count). The Morgan fingerprint density at radius 1 is 1.22 bits per heavy atom. The van der Waals surface area contributed by atoms with Gasteiger partial charge in [0.2, 0.25) is 11.8 Å². The molecule has 6 N–H and O–H groups in total. The summed E-state index contributed by atoms with van der Waals surface area (Å²) in [6.07, 6.45) is 0.0873. The number of hydrogen-bond acceptors (Lipinski definition) is 4. The van der Waals surface area contributed by atoms with Gasteiger partial charge in [-0.15, -0.1) is 0 Å². The van der Waals surface area contributed by atoms with Crippen LogP contribution in [0.4, 0.5) is 0 Å². The lowest BCUT2D eigenvalue weighted by Crippen LogP contribution is -2.51. The first kappa shape index (κ1) is 17.1. The SMILES string of the molecule is CCC(NC(=O)[C@@H](C)NC(=O)[C@@H](C)N)P(=O)(O)O. The van der Waals surface area contributed by atoms with Gasteiger partial charge in [0, 0.05) is 0 Å². The molecule has 9 heteroatoms. The van der Waals surface area contributed by atoms with Gasteiger partial charge in [-0.1, -0.05) is 6.92 Å². The normalized spacial score (nSPS) is 16.6. The van der Waals surface area contributed by atoms with Crippen LogP contribution in [0.5, 0.6) is 0 Å². The van der Waals surface area contributed by atoms with Crippen LogP contribution >= 0.6 is 7.60 Å². The Balaban J connectivity index is 4.48. The number of carbonyl (C=O) groups excluding carboxylic acids is 2. The summed E-state index contributed by atoms with van der Waals surface area (Å²) in [5, 5.41) is 4.52. The first-order valence-corrected chi connectivity index (χ1v) is 7.19. The van der Waals surface area contributed by atoms with Crippen molar-refractivity contribution in [2.24, 2.45) is 5.73 Å². The van der Waals surface area contributed by atoms with Gasteiger partial charge in [0.15, 0.2) is 0 Å². The highest BCUT2D eigenvalue weighted by Gasteiger charge is 2.30. The van der Waals surface area contributed by atoms with Crippen LogP contribution in [-0.4, -0.2) is 39.5 Å². The average Bonchev–Trinajstić information content (AvgIpc) is 2.23. The molecule has 0 spiro atoms. The fourth-order valence-electron chi connectivity index (χ4n) is 1.12. The maximum absolute atomic E-state index is 11.6. The Morgan fingerprint density at radius 2 is 1.72 bits per heavy atom. The number of nitrogens with two attached hydrogens (primary N) is 1. The van der Waals surface area contributed by atoms with Gasteiger partial charge in [-0.3, -0.25) is 14.2 Å². The molecule has 0 heterocycles. The monoisotopic (exact) mass is 281 g/mol. The molecule has 0 aliphatic rings. The van der Waals surface area contributed by atoms with E-state index in [-0.39, 0.29) is 6.42 Å². The molecule has 0 radical (unpaired) electrons. The van der Waals surface area contributed by atoms with Gasteiger partial charge >= 0.3 is 7.60 Å². The van der Waals surface area contributed by atoms with Crippen LogP contribution in [0.15, 0.2) is 0 Å². The van der Waals surface area contributed by atoms with Gasteiger partial charge < -0.3 is 26.2 Å². The summed E-state index contributed by atoms with van der Waals surface area (Å²) in [7, 11) is -4.39. The zero-order valence-corrected chi connectivity index (χ0v) is 11.5. The number of amides is 2. The second-order valence-corrected chi connectivity index (χ2v) is 5.84. The van der Waals surface area contributed by atoms with E-state index in [1.54, 1.807) is 0 Å². The first-order chi connectivity index (χ1) is 8.09. The predicted molar refractivity (Wildman–Crippen MR) is 65.5 cm³/mol. The van der Waals surface area contributed by atoms with Crippen molar-refractivity contribution in [1.82, 2.24) is 10.6 Å². The lowest BCUT2D eigenvalue weighted by molar-refractivity contribution is -0.129. The predicted octanol–water partition coefficient (Wildman–Crippen LogP) is -1.13.